The van der Waals surface area contributed by atoms with Gasteiger partial charge >= 0.3 is 0 Å². The first-order chi connectivity index (χ1) is 17.4. The van der Waals surface area contributed by atoms with Crippen molar-refractivity contribution in [3.05, 3.63) is 35.0 Å². The lowest BCUT2D eigenvalue weighted by molar-refractivity contribution is 0.403. The molecule has 6 heteroatoms. The third kappa shape index (κ3) is 8.69. The Bertz CT molecular complexity index is 970. The van der Waals surface area contributed by atoms with E-state index in [0.717, 1.165) is 41.9 Å². The summed E-state index contributed by atoms with van der Waals surface area (Å²) in [5.41, 5.74) is 4.60. The number of hydrogen-bond donors (Lipinski definition) is 0. The van der Waals surface area contributed by atoms with Gasteiger partial charge in [-0.15, -0.1) is 10.2 Å². The molecule has 1 heterocycles. The van der Waals surface area contributed by atoms with Crippen molar-refractivity contribution in [2.45, 2.75) is 106 Å². The predicted molar refractivity (Wildman–Crippen MR) is 155 cm³/mol. The van der Waals surface area contributed by atoms with E-state index in [-0.39, 0.29) is 5.92 Å². The largest absolute Gasteiger partial charge is 0.371 e. The van der Waals surface area contributed by atoms with Gasteiger partial charge in [0.2, 0.25) is 0 Å². The van der Waals surface area contributed by atoms with E-state index in [0.29, 0.717) is 10.6 Å². The zero-order chi connectivity index (χ0) is 26.5. The van der Waals surface area contributed by atoms with Crippen molar-refractivity contribution in [3.8, 4) is 6.07 Å². The molecule has 5 nitrogen and oxygen atoms in total. The van der Waals surface area contributed by atoms with Crippen LogP contribution < -0.4 is 4.90 Å². The standard InChI is InChI=1S/C30H47N5S/c1-8-12-14-24(10-3)20-35(21-25(11-4)15-13-9-2)26-16-17-28(23(7)18-26)32-33-30-27(19-31)29(22(5)6)34-36-30/h16-18,22,24-25H,8-15,20-21H2,1-7H3. The summed E-state index contributed by atoms with van der Waals surface area (Å²) >= 11 is 1.25. The van der Waals surface area contributed by atoms with Gasteiger partial charge in [0.05, 0.1) is 11.4 Å². The molecule has 0 radical (unpaired) electrons. The highest BCUT2D eigenvalue weighted by Gasteiger charge is 2.19. The van der Waals surface area contributed by atoms with Gasteiger partial charge in [0, 0.05) is 18.8 Å². The number of anilines is 1. The summed E-state index contributed by atoms with van der Waals surface area (Å²) in [6.45, 7) is 17.7. The average Bonchev–Trinajstić information content (AvgIpc) is 3.30. The Kier molecular flexibility index (Phi) is 13.1. The van der Waals surface area contributed by atoms with Crippen LogP contribution >= 0.6 is 11.5 Å². The van der Waals surface area contributed by atoms with E-state index >= 15 is 0 Å². The van der Waals surface area contributed by atoms with Crippen molar-refractivity contribution in [2.75, 3.05) is 18.0 Å². The third-order valence-electron chi connectivity index (χ3n) is 7.20. The van der Waals surface area contributed by atoms with Crippen molar-refractivity contribution in [2.24, 2.45) is 22.1 Å². The summed E-state index contributed by atoms with van der Waals surface area (Å²) in [6.07, 6.45) is 10.2. The molecule has 2 aromatic rings. The number of benzene rings is 1. The van der Waals surface area contributed by atoms with Crippen molar-refractivity contribution in [1.82, 2.24) is 4.37 Å². The Morgan fingerprint density at radius 2 is 1.58 bits per heavy atom. The maximum absolute atomic E-state index is 9.59. The van der Waals surface area contributed by atoms with Gasteiger partial charge in [-0.3, -0.25) is 0 Å². The van der Waals surface area contributed by atoms with Gasteiger partial charge in [0.25, 0.3) is 0 Å². The minimum Gasteiger partial charge on any atom is -0.371 e. The Labute approximate surface area is 224 Å². The lowest BCUT2D eigenvalue weighted by atomic mass is 9.95. The van der Waals surface area contributed by atoms with Gasteiger partial charge < -0.3 is 4.90 Å². The molecule has 0 N–H and O–H groups in total. The summed E-state index contributed by atoms with van der Waals surface area (Å²) in [6, 6.07) is 8.82. The first kappa shape index (κ1) is 30.0. The third-order valence-corrected chi connectivity index (χ3v) is 7.94. The van der Waals surface area contributed by atoms with Crippen LogP contribution in [0.15, 0.2) is 28.4 Å². The maximum atomic E-state index is 9.59. The first-order valence-electron chi connectivity index (χ1n) is 14.0. The van der Waals surface area contributed by atoms with E-state index in [4.69, 9.17) is 0 Å². The van der Waals surface area contributed by atoms with E-state index in [1.165, 1.54) is 68.6 Å². The van der Waals surface area contributed by atoms with E-state index < -0.39 is 0 Å². The number of hydrogen-bond acceptors (Lipinski definition) is 6. The molecule has 0 fully saturated rings. The first-order valence-corrected chi connectivity index (χ1v) is 14.8. The molecule has 0 amide bonds. The van der Waals surface area contributed by atoms with Gasteiger partial charge in [-0.1, -0.05) is 80.1 Å². The van der Waals surface area contributed by atoms with Crippen LogP contribution in [0.25, 0.3) is 0 Å². The number of rotatable bonds is 16. The Balaban J connectivity index is 2.29. The van der Waals surface area contributed by atoms with Crippen LogP contribution in [0.2, 0.25) is 0 Å². The fourth-order valence-corrected chi connectivity index (χ4v) is 5.46. The second-order valence-corrected chi connectivity index (χ2v) is 11.2. The number of aromatic nitrogens is 1. The van der Waals surface area contributed by atoms with Crippen LogP contribution in [0.5, 0.6) is 0 Å². The zero-order valence-corrected chi connectivity index (χ0v) is 24.5. The molecule has 0 spiro atoms. The molecule has 0 aliphatic heterocycles. The molecule has 198 valence electrons. The average molecular weight is 510 g/mol. The van der Waals surface area contributed by atoms with Crippen molar-refractivity contribution in [1.29, 1.82) is 5.26 Å². The molecule has 2 atom stereocenters. The Morgan fingerprint density at radius 1 is 0.972 bits per heavy atom. The summed E-state index contributed by atoms with van der Waals surface area (Å²) in [7, 11) is 0. The van der Waals surface area contributed by atoms with Gasteiger partial charge in [-0.2, -0.15) is 9.64 Å². The molecule has 0 saturated carbocycles. The van der Waals surface area contributed by atoms with E-state index in [9.17, 15) is 5.26 Å². The van der Waals surface area contributed by atoms with E-state index in [1.54, 1.807) is 0 Å². The molecule has 1 aromatic carbocycles. The van der Waals surface area contributed by atoms with Gasteiger partial charge in [-0.05, 0) is 72.8 Å². The highest BCUT2D eigenvalue weighted by Crippen LogP contribution is 2.34. The normalized spacial score (nSPS) is 13.3. The molecule has 0 saturated heterocycles. The fourth-order valence-electron chi connectivity index (χ4n) is 4.65. The maximum Gasteiger partial charge on any atom is 0.176 e. The second-order valence-electron chi connectivity index (χ2n) is 10.4. The molecule has 36 heavy (non-hydrogen) atoms. The van der Waals surface area contributed by atoms with Crippen molar-refractivity contribution >= 4 is 27.9 Å². The van der Waals surface area contributed by atoms with Crippen LogP contribution in [-0.4, -0.2) is 17.5 Å². The number of azo groups is 1. The van der Waals surface area contributed by atoms with Gasteiger partial charge in [-0.25, -0.2) is 0 Å². The number of aryl methyl sites for hydroxylation is 1. The topological polar surface area (TPSA) is 64.6 Å². The fraction of sp³-hybridized carbons (Fsp3) is 0.667. The molecule has 1 aromatic heterocycles. The van der Waals surface area contributed by atoms with Crippen LogP contribution in [0.4, 0.5) is 16.4 Å². The highest BCUT2D eigenvalue weighted by molar-refractivity contribution is 7.10. The summed E-state index contributed by atoms with van der Waals surface area (Å²) in [5.74, 6) is 1.64. The molecule has 2 rings (SSSR count). The molecule has 0 aliphatic rings. The molecule has 2 unspecified atom stereocenters. The van der Waals surface area contributed by atoms with Crippen LogP contribution in [0.3, 0.4) is 0 Å². The second kappa shape index (κ2) is 15.8. The van der Waals surface area contributed by atoms with Crippen LogP contribution in [-0.2, 0) is 0 Å². The molecular formula is C30H47N5S. The predicted octanol–water partition coefficient (Wildman–Crippen LogP) is 10.1. The molecular weight excluding hydrogens is 462 g/mol. The Hall–Kier alpha value is -2.26. The lowest BCUT2D eigenvalue weighted by Crippen LogP contribution is -2.34. The lowest BCUT2D eigenvalue weighted by Gasteiger charge is -2.33. The van der Waals surface area contributed by atoms with Crippen molar-refractivity contribution < 1.29 is 0 Å². The summed E-state index contributed by atoms with van der Waals surface area (Å²) in [5, 5.41) is 19.1. The zero-order valence-electron chi connectivity index (χ0n) is 23.7. The van der Waals surface area contributed by atoms with E-state index in [1.807, 2.05) is 13.8 Å². The minimum atomic E-state index is 0.195. The van der Waals surface area contributed by atoms with Crippen LogP contribution in [0.1, 0.15) is 116 Å². The van der Waals surface area contributed by atoms with Gasteiger partial charge in [0.15, 0.2) is 5.00 Å². The SMILES string of the molecule is CCCCC(CC)CN(CC(CC)CCCC)c1ccc(N=Nc2snc(C(C)C)c2C#N)c(C)c1. The Morgan fingerprint density at radius 3 is 2.06 bits per heavy atom. The molecule has 0 bridgehead atoms. The summed E-state index contributed by atoms with van der Waals surface area (Å²) < 4.78 is 4.43. The highest BCUT2D eigenvalue weighted by atomic mass is 32.1. The molecule has 0 aliphatic carbocycles. The number of unbranched alkanes of at least 4 members (excludes halogenated alkanes) is 2. The summed E-state index contributed by atoms with van der Waals surface area (Å²) in [4.78, 5) is 2.63. The number of nitrogens with zero attached hydrogens (tertiary/aromatic N) is 5. The quantitative estimate of drug-likeness (QED) is 0.211. The van der Waals surface area contributed by atoms with E-state index in [2.05, 4.69) is 78.4 Å². The van der Waals surface area contributed by atoms with Crippen molar-refractivity contribution in [3.63, 3.8) is 0 Å². The van der Waals surface area contributed by atoms with Gasteiger partial charge in [0.1, 0.15) is 11.6 Å². The smallest absolute Gasteiger partial charge is 0.176 e. The number of nitriles is 1. The minimum absolute atomic E-state index is 0.195. The van der Waals surface area contributed by atoms with Crippen LogP contribution in [0, 0.1) is 30.1 Å². The monoisotopic (exact) mass is 509 g/mol.